The highest BCUT2D eigenvalue weighted by atomic mass is 14.4. The zero-order valence-electron chi connectivity index (χ0n) is 13.9. The lowest BCUT2D eigenvalue weighted by Crippen LogP contribution is -2.28. The molecule has 0 aliphatic heterocycles. The van der Waals surface area contributed by atoms with Gasteiger partial charge in [0, 0.05) is 0 Å². The molecular formula is C20H30. The zero-order chi connectivity index (χ0) is 14.8. The van der Waals surface area contributed by atoms with Crippen LogP contribution in [0.4, 0.5) is 0 Å². The Labute approximate surface area is 125 Å². The molecule has 0 aromatic heterocycles. The van der Waals surface area contributed by atoms with Crippen LogP contribution in [-0.4, -0.2) is 0 Å². The Morgan fingerprint density at radius 2 is 2.00 bits per heavy atom. The molecule has 0 radical (unpaired) electrons. The fourth-order valence-electron chi connectivity index (χ4n) is 3.64. The Hall–Kier alpha value is -1.04. The molecule has 110 valence electrons. The number of aryl methyl sites for hydroxylation is 1. The molecule has 0 saturated carbocycles. The third-order valence-electron chi connectivity index (χ3n) is 5.09. The summed E-state index contributed by atoms with van der Waals surface area (Å²) in [7, 11) is 0. The van der Waals surface area contributed by atoms with E-state index < -0.39 is 0 Å². The molecule has 0 N–H and O–H groups in total. The fourth-order valence-corrected chi connectivity index (χ4v) is 3.64. The van der Waals surface area contributed by atoms with Gasteiger partial charge in [0.25, 0.3) is 0 Å². The Morgan fingerprint density at radius 3 is 2.65 bits per heavy atom. The van der Waals surface area contributed by atoms with Crippen molar-refractivity contribution in [2.75, 3.05) is 0 Å². The highest BCUT2D eigenvalue weighted by molar-refractivity contribution is 5.26. The summed E-state index contributed by atoms with van der Waals surface area (Å²) in [4.78, 5) is 0. The second-order valence-corrected chi connectivity index (χ2v) is 7.47. The van der Waals surface area contributed by atoms with Crippen molar-refractivity contribution in [3.05, 3.63) is 47.0 Å². The molecule has 1 aliphatic rings. The predicted octanol–water partition coefficient (Wildman–Crippen LogP) is 6.13. The van der Waals surface area contributed by atoms with Gasteiger partial charge in [0.15, 0.2) is 0 Å². The van der Waals surface area contributed by atoms with E-state index in [1.807, 2.05) is 0 Å². The molecule has 0 heterocycles. The van der Waals surface area contributed by atoms with Crippen LogP contribution in [0.2, 0.25) is 0 Å². The van der Waals surface area contributed by atoms with Crippen molar-refractivity contribution in [2.45, 2.75) is 66.2 Å². The minimum absolute atomic E-state index is 0.467. The van der Waals surface area contributed by atoms with Crippen LogP contribution in [0.5, 0.6) is 0 Å². The topological polar surface area (TPSA) is 0 Å². The summed E-state index contributed by atoms with van der Waals surface area (Å²) in [5, 5.41) is 0. The second-order valence-electron chi connectivity index (χ2n) is 7.47. The average Bonchev–Trinajstić information content (AvgIpc) is 2.37. The van der Waals surface area contributed by atoms with Crippen LogP contribution < -0.4 is 0 Å². The summed E-state index contributed by atoms with van der Waals surface area (Å²) in [6.07, 6.45) is 7.55. The van der Waals surface area contributed by atoms with Gasteiger partial charge in [-0.3, -0.25) is 0 Å². The maximum absolute atomic E-state index is 2.46. The van der Waals surface area contributed by atoms with Crippen molar-refractivity contribution in [3.8, 4) is 0 Å². The third-order valence-corrected chi connectivity index (χ3v) is 5.09. The van der Waals surface area contributed by atoms with Gasteiger partial charge in [-0.2, -0.15) is 0 Å². The molecule has 1 aromatic carbocycles. The third kappa shape index (κ3) is 3.53. The maximum atomic E-state index is 2.46. The molecule has 0 saturated heterocycles. The van der Waals surface area contributed by atoms with Crippen molar-refractivity contribution in [1.29, 1.82) is 0 Å². The van der Waals surface area contributed by atoms with Crippen LogP contribution >= 0.6 is 0 Å². The zero-order valence-corrected chi connectivity index (χ0v) is 13.9. The summed E-state index contributed by atoms with van der Waals surface area (Å²) in [6.45, 7) is 11.8. The van der Waals surface area contributed by atoms with Crippen molar-refractivity contribution >= 4 is 0 Å². The molecule has 1 aliphatic carbocycles. The van der Waals surface area contributed by atoms with E-state index in [4.69, 9.17) is 0 Å². The average molecular weight is 270 g/mol. The van der Waals surface area contributed by atoms with E-state index in [9.17, 15) is 0 Å². The maximum Gasteiger partial charge on any atom is -0.0151 e. The fraction of sp³-hybridized carbons (Fsp3) is 0.600. The van der Waals surface area contributed by atoms with Crippen molar-refractivity contribution in [2.24, 2.45) is 11.3 Å². The van der Waals surface area contributed by atoms with Gasteiger partial charge in [0.2, 0.25) is 0 Å². The van der Waals surface area contributed by atoms with Crippen LogP contribution in [0, 0.1) is 11.3 Å². The molecular weight excluding hydrogens is 240 g/mol. The van der Waals surface area contributed by atoms with Gasteiger partial charge in [-0.05, 0) is 61.0 Å². The molecule has 20 heavy (non-hydrogen) atoms. The minimum Gasteiger partial charge on any atom is -0.0853 e. The molecule has 0 fully saturated rings. The lowest BCUT2D eigenvalue weighted by atomic mass is 9.67. The minimum atomic E-state index is 0.467. The Morgan fingerprint density at radius 1 is 1.25 bits per heavy atom. The van der Waals surface area contributed by atoms with Crippen molar-refractivity contribution in [1.82, 2.24) is 0 Å². The molecule has 0 nitrogen and oxygen atoms in total. The Kier molecular flexibility index (Phi) is 4.73. The molecule has 0 spiro atoms. The number of allylic oxidation sites excluding steroid dienone is 2. The van der Waals surface area contributed by atoms with Crippen LogP contribution in [0.3, 0.4) is 0 Å². The van der Waals surface area contributed by atoms with Crippen LogP contribution in [-0.2, 0) is 6.42 Å². The normalized spacial score (nSPS) is 21.9. The summed E-state index contributed by atoms with van der Waals surface area (Å²) < 4.78 is 0. The SMILES string of the molecule is CC1=CCCC(C)(C)C1CCc1cccc(C(C)C)c1. The monoisotopic (exact) mass is 270 g/mol. The lowest BCUT2D eigenvalue weighted by molar-refractivity contribution is 0.204. The van der Waals surface area contributed by atoms with Crippen LogP contribution in [0.25, 0.3) is 0 Å². The van der Waals surface area contributed by atoms with E-state index in [1.165, 1.54) is 36.8 Å². The molecule has 2 rings (SSSR count). The molecule has 1 unspecified atom stereocenters. The van der Waals surface area contributed by atoms with Crippen molar-refractivity contribution in [3.63, 3.8) is 0 Å². The van der Waals surface area contributed by atoms with Gasteiger partial charge >= 0.3 is 0 Å². The molecule has 1 aromatic rings. The smallest absolute Gasteiger partial charge is 0.0151 e. The van der Waals surface area contributed by atoms with Gasteiger partial charge in [-0.1, -0.05) is 63.6 Å². The van der Waals surface area contributed by atoms with Crippen LogP contribution in [0.1, 0.15) is 70.9 Å². The second kappa shape index (κ2) is 6.16. The van der Waals surface area contributed by atoms with Gasteiger partial charge in [0.05, 0.1) is 0 Å². The molecule has 0 amide bonds. The van der Waals surface area contributed by atoms with E-state index in [0.29, 0.717) is 11.3 Å². The summed E-state index contributed by atoms with van der Waals surface area (Å²) in [6, 6.07) is 9.17. The van der Waals surface area contributed by atoms with Gasteiger partial charge < -0.3 is 0 Å². The summed E-state index contributed by atoms with van der Waals surface area (Å²) >= 11 is 0. The highest BCUT2D eigenvalue weighted by Gasteiger charge is 2.32. The number of benzene rings is 1. The molecule has 0 heteroatoms. The first-order valence-electron chi connectivity index (χ1n) is 8.15. The Balaban J connectivity index is 2.06. The number of rotatable bonds is 4. The van der Waals surface area contributed by atoms with Crippen molar-refractivity contribution < 1.29 is 0 Å². The van der Waals surface area contributed by atoms with Crippen LogP contribution in [0.15, 0.2) is 35.9 Å². The summed E-state index contributed by atoms with van der Waals surface area (Å²) in [5.41, 5.74) is 5.05. The van der Waals surface area contributed by atoms with E-state index in [2.05, 4.69) is 65.0 Å². The van der Waals surface area contributed by atoms with Gasteiger partial charge in [0.1, 0.15) is 0 Å². The highest BCUT2D eigenvalue weighted by Crippen LogP contribution is 2.43. The van der Waals surface area contributed by atoms with Gasteiger partial charge in [-0.25, -0.2) is 0 Å². The van der Waals surface area contributed by atoms with Gasteiger partial charge in [-0.15, -0.1) is 0 Å². The lowest BCUT2D eigenvalue weighted by Gasteiger charge is -2.38. The molecule has 0 bridgehead atoms. The van der Waals surface area contributed by atoms with E-state index >= 15 is 0 Å². The first kappa shape index (κ1) is 15.4. The van der Waals surface area contributed by atoms with E-state index in [0.717, 1.165) is 5.92 Å². The predicted molar refractivity (Wildman–Crippen MR) is 89.1 cm³/mol. The standard InChI is InChI=1S/C20H30/c1-15(2)18-10-6-9-17(14-18)11-12-19-16(3)8-7-13-20(19,4)5/h6,8-10,14-15,19H,7,11-13H2,1-5H3. The first-order chi connectivity index (χ1) is 9.40. The molecule has 1 atom stereocenters. The number of hydrogen-bond acceptors (Lipinski definition) is 0. The summed E-state index contributed by atoms with van der Waals surface area (Å²) in [5.74, 6) is 1.38. The quantitative estimate of drug-likeness (QED) is 0.578. The first-order valence-corrected chi connectivity index (χ1v) is 8.15. The largest absolute Gasteiger partial charge is 0.0853 e. The number of hydrogen-bond donors (Lipinski definition) is 0. The van der Waals surface area contributed by atoms with E-state index in [1.54, 1.807) is 5.57 Å². The Bertz CT molecular complexity index is 477. The van der Waals surface area contributed by atoms with E-state index in [-0.39, 0.29) is 0 Å².